The zero-order chi connectivity index (χ0) is 19.8. The van der Waals surface area contributed by atoms with Gasteiger partial charge in [-0.3, -0.25) is 4.79 Å². The first-order valence-corrected chi connectivity index (χ1v) is 9.61. The Morgan fingerprint density at radius 2 is 1.67 bits per heavy atom. The van der Waals surface area contributed by atoms with Gasteiger partial charge in [-0.2, -0.15) is 0 Å². The number of carbonyl (C=O) groups excluding carboxylic acids is 1. The van der Waals surface area contributed by atoms with Gasteiger partial charge in [0.15, 0.2) is 11.5 Å². The third-order valence-corrected chi connectivity index (χ3v) is 5.06. The molecule has 0 spiro atoms. The van der Waals surface area contributed by atoms with Crippen LogP contribution in [0.5, 0.6) is 17.2 Å². The van der Waals surface area contributed by atoms with E-state index in [2.05, 4.69) is 19.0 Å². The smallest absolute Gasteiger partial charge is 0.306 e. The van der Waals surface area contributed by atoms with Gasteiger partial charge in [0.1, 0.15) is 6.10 Å². The molecular weight excluding hydrogens is 346 g/mol. The average Bonchev–Trinajstić information content (AvgIpc) is 2.66. The molecule has 0 N–H and O–H groups in total. The summed E-state index contributed by atoms with van der Waals surface area (Å²) in [6.45, 7) is 0.963. The van der Waals surface area contributed by atoms with E-state index in [0.29, 0.717) is 36.0 Å². The molecule has 1 aliphatic rings. The fourth-order valence-electron chi connectivity index (χ4n) is 3.76. The lowest BCUT2D eigenvalue weighted by Gasteiger charge is -2.33. The maximum Gasteiger partial charge on any atom is 0.306 e. The second-order valence-electron chi connectivity index (χ2n) is 7.37. The Hall–Kier alpha value is -1.95. The summed E-state index contributed by atoms with van der Waals surface area (Å²) < 4.78 is 21.9. The van der Waals surface area contributed by atoms with Gasteiger partial charge in [-0.05, 0) is 57.5 Å². The molecule has 1 fully saturated rings. The van der Waals surface area contributed by atoms with Crippen molar-refractivity contribution < 1.29 is 23.7 Å². The highest BCUT2D eigenvalue weighted by Gasteiger charge is 2.28. The second kappa shape index (κ2) is 10.4. The van der Waals surface area contributed by atoms with Crippen molar-refractivity contribution in [2.45, 2.75) is 44.6 Å². The monoisotopic (exact) mass is 379 g/mol. The minimum Gasteiger partial charge on any atom is -0.493 e. The summed E-state index contributed by atoms with van der Waals surface area (Å²) in [5.74, 6) is 2.04. The summed E-state index contributed by atoms with van der Waals surface area (Å²) in [4.78, 5) is 14.6. The van der Waals surface area contributed by atoms with Gasteiger partial charge in [-0.1, -0.05) is 6.42 Å². The SMILES string of the molecule is COc1cc(CCC(=O)O[C@H]2CCCC[C@H]2CN(C)C)cc(OC)c1OC. The third kappa shape index (κ3) is 6.03. The van der Waals surface area contributed by atoms with Gasteiger partial charge in [0.2, 0.25) is 5.75 Å². The Balaban J connectivity index is 1.96. The van der Waals surface area contributed by atoms with Crippen molar-refractivity contribution in [2.24, 2.45) is 5.92 Å². The van der Waals surface area contributed by atoms with Crippen molar-refractivity contribution in [2.75, 3.05) is 42.0 Å². The van der Waals surface area contributed by atoms with Gasteiger partial charge in [0.05, 0.1) is 21.3 Å². The molecule has 0 bridgehead atoms. The molecule has 1 aliphatic carbocycles. The first kappa shape index (κ1) is 21.4. The predicted octanol–water partition coefficient (Wildman–Crippen LogP) is 3.31. The molecule has 27 heavy (non-hydrogen) atoms. The van der Waals surface area contributed by atoms with Crippen LogP contribution in [0.15, 0.2) is 12.1 Å². The fraction of sp³-hybridized carbons (Fsp3) is 0.667. The van der Waals surface area contributed by atoms with Gasteiger partial charge in [-0.25, -0.2) is 0 Å². The number of methoxy groups -OCH3 is 3. The third-order valence-electron chi connectivity index (χ3n) is 5.06. The number of benzene rings is 1. The van der Waals surface area contributed by atoms with E-state index >= 15 is 0 Å². The molecule has 0 saturated heterocycles. The standard InChI is InChI=1S/C21H33NO5/c1-22(2)14-16-8-6-7-9-17(16)27-20(23)11-10-15-12-18(24-3)21(26-5)19(13-15)25-4/h12-13,16-17H,6-11,14H2,1-5H3/t16-,17-/m0/s1. The lowest BCUT2D eigenvalue weighted by atomic mass is 9.86. The maximum atomic E-state index is 12.4. The molecule has 152 valence electrons. The van der Waals surface area contributed by atoms with Crippen LogP contribution in [0.2, 0.25) is 0 Å². The number of carbonyl (C=O) groups is 1. The van der Waals surface area contributed by atoms with Crippen molar-refractivity contribution in [3.63, 3.8) is 0 Å². The van der Waals surface area contributed by atoms with Gasteiger partial charge in [0, 0.05) is 18.9 Å². The molecule has 1 aromatic carbocycles. The van der Waals surface area contributed by atoms with Crippen LogP contribution in [-0.2, 0) is 16.0 Å². The lowest BCUT2D eigenvalue weighted by Crippen LogP contribution is -2.36. The van der Waals surface area contributed by atoms with Crippen LogP contribution in [0.3, 0.4) is 0 Å². The van der Waals surface area contributed by atoms with Crippen LogP contribution >= 0.6 is 0 Å². The Morgan fingerprint density at radius 1 is 1.04 bits per heavy atom. The molecule has 0 aromatic heterocycles. The van der Waals surface area contributed by atoms with E-state index in [0.717, 1.165) is 31.4 Å². The average molecular weight is 379 g/mol. The normalized spacial score (nSPS) is 19.6. The van der Waals surface area contributed by atoms with Crippen LogP contribution in [0.25, 0.3) is 0 Å². The summed E-state index contributed by atoms with van der Waals surface area (Å²) >= 11 is 0. The van der Waals surface area contributed by atoms with E-state index in [4.69, 9.17) is 18.9 Å². The molecule has 0 unspecified atom stereocenters. The highest BCUT2D eigenvalue weighted by molar-refractivity contribution is 5.70. The molecular formula is C21H33NO5. The van der Waals surface area contributed by atoms with Crippen molar-refractivity contribution in [1.82, 2.24) is 4.90 Å². The van der Waals surface area contributed by atoms with E-state index < -0.39 is 0 Å². The van der Waals surface area contributed by atoms with Crippen molar-refractivity contribution in [3.05, 3.63) is 17.7 Å². The summed E-state index contributed by atoms with van der Waals surface area (Å²) in [7, 11) is 8.88. The van der Waals surface area contributed by atoms with Crippen LogP contribution < -0.4 is 14.2 Å². The predicted molar refractivity (Wildman–Crippen MR) is 105 cm³/mol. The first-order chi connectivity index (χ1) is 13.0. The van der Waals surface area contributed by atoms with E-state index in [1.54, 1.807) is 21.3 Å². The number of hydrogen-bond donors (Lipinski definition) is 0. The zero-order valence-corrected chi connectivity index (χ0v) is 17.2. The number of hydrogen-bond acceptors (Lipinski definition) is 6. The van der Waals surface area contributed by atoms with E-state index in [1.165, 1.54) is 6.42 Å². The molecule has 1 aromatic rings. The molecule has 0 heterocycles. The maximum absolute atomic E-state index is 12.4. The number of ether oxygens (including phenoxy) is 4. The van der Waals surface area contributed by atoms with Gasteiger partial charge < -0.3 is 23.8 Å². The van der Waals surface area contributed by atoms with Crippen molar-refractivity contribution in [3.8, 4) is 17.2 Å². The number of nitrogens with zero attached hydrogens (tertiary/aromatic N) is 1. The van der Waals surface area contributed by atoms with Crippen molar-refractivity contribution in [1.29, 1.82) is 0 Å². The molecule has 0 radical (unpaired) electrons. The van der Waals surface area contributed by atoms with Crippen LogP contribution in [-0.4, -0.2) is 58.9 Å². The van der Waals surface area contributed by atoms with Crippen LogP contribution in [0.4, 0.5) is 0 Å². The van der Waals surface area contributed by atoms with Gasteiger partial charge in [-0.15, -0.1) is 0 Å². The molecule has 0 aliphatic heterocycles. The minimum atomic E-state index is -0.139. The summed E-state index contributed by atoms with van der Waals surface area (Å²) in [6, 6.07) is 3.76. The molecule has 2 rings (SSSR count). The molecule has 1 saturated carbocycles. The summed E-state index contributed by atoms with van der Waals surface area (Å²) in [5.41, 5.74) is 0.954. The first-order valence-electron chi connectivity index (χ1n) is 9.61. The van der Waals surface area contributed by atoms with E-state index in [1.807, 2.05) is 12.1 Å². The van der Waals surface area contributed by atoms with E-state index in [-0.39, 0.29) is 12.1 Å². The topological polar surface area (TPSA) is 57.2 Å². The number of aryl methyl sites for hydroxylation is 1. The van der Waals surface area contributed by atoms with Crippen LogP contribution in [0.1, 0.15) is 37.7 Å². The molecule has 6 heteroatoms. The Kier molecular flexibility index (Phi) is 8.23. The van der Waals surface area contributed by atoms with Gasteiger partial charge in [0.25, 0.3) is 0 Å². The van der Waals surface area contributed by atoms with Crippen molar-refractivity contribution >= 4 is 5.97 Å². The molecule has 2 atom stereocenters. The van der Waals surface area contributed by atoms with Crippen LogP contribution in [0, 0.1) is 5.92 Å². The largest absolute Gasteiger partial charge is 0.493 e. The minimum absolute atomic E-state index is 0.0357. The summed E-state index contributed by atoms with van der Waals surface area (Å²) in [5, 5.41) is 0. The number of rotatable bonds is 9. The van der Waals surface area contributed by atoms with Gasteiger partial charge >= 0.3 is 5.97 Å². The zero-order valence-electron chi connectivity index (χ0n) is 17.2. The molecule has 0 amide bonds. The fourth-order valence-corrected chi connectivity index (χ4v) is 3.76. The quantitative estimate of drug-likeness (QED) is 0.614. The summed E-state index contributed by atoms with van der Waals surface area (Å²) in [6.07, 6.45) is 5.39. The Labute approximate surface area is 162 Å². The second-order valence-corrected chi connectivity index (χ2v) is 7.37. The Bertz CT molecular complexity index is 592. The lowest BCUT2D eigenvalue weighted by molar-refractivity contribution is -0.154. The highest BCUT2D eigenvalue weighted by atomic mass is 16.5. The highest BCUT2D eigenvalue weighted by Crippen LogP contribution is 2.38. The van der Waals surface area contributed by atoms with E-state index in [9.17, 15) is 4.79 Å². The molecule has 6 nitrogen and oxygen atoms in total. The Morgan fingerprint density at radius 3 is 2.22 bits per heavy atom. The number of esters is 1.